The highest BCUT2D eigenvalue weighted by Gasteiger charge is 2.28. The van der Waals surface area contributed by atoms with Crippen molar-refractivity contribution < 1.29 is 14.7 Å². The van der Waals surface area contributed by atoms with Crippen LogP contribution in [0.4, 0.5) is 4.79 Å². The minimum Gasteiger partial charge on any atom is -0.481 e. The summed E-state index contributed by atoms with van der Waals surface area (Å²) in [5, 5.41) is 11.8. The molecule has 1 heterocycles. The number of urea groups is 1. The number of hydrogen-bond acceptors (Lipinski definition) is 3. The van der Waals surface area contributed by atoms with Crippen molar-refractivity contribution in [2.45, 2.75) is 44.7 Å². The van der Waals surface area contributed by atoms with Gasteiger partial charge in [-0.3, -0.25) is 4.79 Å². The molecule has 1 rings (SSSR count). The van der Waals surface area contributed by atoms with E-state index in [1.807, 2.05) is 25.9 Å². The van der Waals surface area contributed by atoms with Gasteiger partial charge in [0, 0.05) is 25.2 Å². The smallest absolute Gasteiger partial charge is 0.317 e. The van der Waals surface area contributed by atoms with Crippen molar-refractivity contribution in [3.05, 3.63) is 0 Å². The van der Waals surface area contributed by atoms with Crippen LogP contribution in [-0.2, 0) is 4.79 Å². The number of likely N-dealkylation sites (tertiary alicyclic amines) is 1. The molecular formula is C13H25N3O3. The number of piperidine rings is 1. The molecule has 6 heteroatoms. The molecule has 2 N–H and O–H groups in total. The van der Waals surface area contributed by atoms with E-state index in [0.29, 0.717) is 13.1 Å². The molecular weight excluding hydrogens is 246 g/mol. The predicted octanol–water partition coefficient (Wildman–Crippen LogP) is 0.975. The monoisotopic (exact) mass is 271 g/mol. The van der Waals surface area contributed by atoms with Gasteiger partial charge in [-0.1, -0.05) is 0 Å². The minimum absolute atomic E-state index is 0.0383. The first-order chi connectivity index (χ1) is 8.91. The Morgan fingerprint density at radius 2 is 2.11 bits per heavy atom. The van der Waals surface area contributed by atoms with Crippen molar-refractivity contribution in [1.82, 2.24) is 15.1 Å². The molecule has 0 saturated carbocycles. The van der Waals surface area contributed by atoms with E-state index in [0.717, 1.165) is 19.3 Å². The van der Waals surface area contributed by atoms with E-state index in [-0.39, 0.29) is 24.5 Å². The van der Waals surface area contributed by atoms with Crippen LogP contribution in [0, 0.1) is 0 Å². The molecule has 1 fully saturated rings. The molecule has 0 aromatic heterocycles. The molecule has 0 radical (unpaired) electrons. The van der Waals surface area contributed by atoms with E-state index >= 15 is 0 Å². The largest absolute Gasteiger partial charge is 0.481 e. The van der Waals surface area contributed by atoms with E-state index in [4.69, 9.17) is 5.11 Å². The molecule has 0 bridgehead atoms. The molecule has 0 aliphatic carbocycles. The average molecular weight is 271 g/mol. The van der Waals surface area contributed by atoms with E-state index in [9.17, 15) is 9.59 Å². The Balaban J connectivity index is 2.50. The Bertz CT molecular complexity index is 320. The number of hydrogen-bond donors (Lipinski definition) is 2. The fourth-order valence-electron chi connectivity index (χ4n) is 2.20. The number of aliphatic carboxylic acids is 1. The second-order valence-corrected chi connectivity index (χ2v) is 5.44. The summed E-state index contributed by atoms with van der Waals surface area (Å²) in [4.78, 5) is 26.7. The second kappa shape index (κ2) is 7.33. The molecule has 0 aromatic carbocycles. The lowest BCUT2D eigenvalue weighted by Crippen LogP contribution is -2.51. The second-order valence-electron chi connectivity index (χ2n) is 5.44. The summed E-state index contributed by atoms with van der Waals surface area (Å²) in [6.45, 7) is 3.26. The summed E-state index contributed by atoms with van der Waals surface area (Å²) < 4.78 is 0. The van der Waals surface area contributed by atoms with Gasteiger partial charge in [-0.25, -0.2) is 4.79 Å². The first-order valence-corrected chi connectivity index (χ1v) is 6.84. The topological polar surface area (TPSA) is 72.9 Å². The summed E-state index contributed by atoms with van der Waals surface area (Å²) in [5.41, 5.74) is 0. The van der Waals surface area contributed by atoms with Gasteiger partial charge >= 0.3 is 12.0 Å². The molecule has 1 aliphatic heterocycles. The van der Waals surface area contributed by atoms with Crippen LogP contribution in [0.25, 0.3) is 0 Å². The highest BCUT2D eigenvalue weighted by molar-refractivity contribution is 5.76. The number of rotatable bonds is 5. The lowest BCUT2D eigenvalue weighted by Gasteiger charge is -2.35. The molecule has 0 aromatic rings. The minimum atomic E-state index is -0.841. The van der Waals surface area contributed by atoms with E-state index in [2.05, 4.69) is 5.32 Å². The number of nitrogens with one attached hydrogen (secondary N) is 1. The van der Waals surface area contributed by atoms with Crippen LogP contribution in [0.3, 0.4) is 0 Å². The number of likely N-dealkylation sites (N-methyl/N-ethyl adjacent to an activating group) is 1. The standard InChI is InChI=1S/C13H25N3O3/c1-10(15(2)3)9-14-13(19)16-7-5-4-6-11(16)8-12(17)18/h10-11H,4-9H2,1-3H3,(H,14,19)(H,17,18). The van der Waals surface area contributed by atoms with E-state index in [1.54, 1.807) is 4.90 Å². The van der Waals surface area contributed by atoms with Crippen LogP contribution in [0.1, 0.15) is 32.6 Å². The Hall–Kier alpha value is -1.30. The van der Waals surface area contributed by atoms with Crippen LogP contribution < -0.4 is 5.32 Å². The third-order valence-corrected chi connectivity index (χ3v) is 3.73. The van der Waals surface area contributed by atoms with Crippen LogP contribution >= 0.6 is 0 Å². The van der Waals surface area contributed by atoms with Crippen LogP contribution in [0.15, 0.2) is 0 Å². The SMILES string of the molecule is CC(CNC(=O)N1CCCCC1CC(=O)O)N(C)C. The van der Waals surface area contributed by atoms with Crippen molar-refractivity contribution in [2.75, 3.05) is 27.2 Å². The van der Waals surface area contributed by atoms with Gasteiger partial charge < -0.3 is 20.2 Å². The number of carbonyl (C=O) groups excluding carboxylic acids is 1. The van der Waals surface area contributed by atoms with Crippen molar-refractivity contribution in [3.63, 3.8) is 0 Å². The number of nitrogens with zero attached hydrogens (tertiary/aromatic N) is 2. The number of amides is 2. The van der Waals surface area contributed by atoms with Crippen LogP contribution in [0.5, 0.6) is 0 Å². The van der Waals surface area contributed by atoms with E-state index < -0.39 is 5.97 Å². The van der Waals surface area contributed by atoms with Crippen molar-refractivity contribution in [3.8, 4) is 0 Å². The molecule has 1 saturated heterocycles. The van der Waals surface area contributed by atoms with Gasteiger partial charge in [-0.15, -0.1) is 0 Å². The summed E-state index contributed by atoms with van der Waals surface area (Å²) in [7, 11) is 3.93. The molecule has 6 nitrogen and oxygen atoms in total. The molecule has 1 aliphatic rings. The highest BCUT2D eigenvalue weighted by atomic mass is 16.4. The first-order valence-electron chi connectivity index (χ1n) is 6.84. The van der Waals surface area contributed by atoms with Crippen LogP contribution in [0.2, 0.25) is 0 Å². The number of carbonyl (C=O) groups is 2. The highest BCUT2D eigenvalue weighted by Crippen LogP contribution is 2.19. The lowest BCUT2D eigenvalue weighted by atomic mass is 10.00. The lowest BCUT2D eigenvalue weighted by molar-refractivity contribution is -0.138. The summed E-state index contributed by atoms with van der Waals surface area (Å²) in [5.74, 6) is -0.841. The molecule has 2 atom stereocenters. The van der Waals surface area contributed by atoms with Crippen molar-refractivity contribution in [1.29, 1.82) is 0 Å². The maximum atomic E-state index is 12.1. The van der Waals surface area contributed by atoms with Crippen molar-refractivity contribution >= 4 is 12.0 Å². The predicted molar refractivity (Wildman–Crippen MR) is 73.1 cm³/mol. The maximum absolute atomic E-state index is 12.1. The number of carboxylic acids is 1. The van der Waals surface area contributed by atoms with Gasteiger partial charge in [-0.05, 0) is 40.3 Å². The maximum Gasteiger partial charge on any atom is 0.317 e. The van der Waals surface area contributed by atoms with Crippen LogP contribution in [-0.4, -0.2) is 66.2 Å². The third kappa shape index (κ3) is 5.06. The Kier molecular flexibility index (Phi) is 6.08. The average Bonchev–Trinajstić information content (AvgIpc) is 2.35. The zero-order chi connectivity index (χ0) is 14.4. The summed E-state index contributed by atoms with van der Waals surface area (Å²) >= 11 is 0. The van der Waals surface area contributed by atoms with Gasteiger partial charge in [0.1, 0.15) is 0 Å². The summed E-state index contributed by atoms with van der Waals surface area (Å²) in [6, 6.07) is -0.0489. The number of carboxylic acid groups (broad SMARTS) is 1. The third-order valence-electron chi connectivity index (χ3n) is 3.73. The van der Waals surface area contributed by atoms with Gasteiger partial charge in [0.15, 0.2) is 0 Å². The molecule has 0 spiro atoms. The fourth-order valence-corrected chi connectivity index (χ4v) is 2.20. The Labute approximate surface area is 114 Å². The quantitative estimate of drug-likeness (QED) is 0.781. The molecule has 2 unspecified atom stereocenters. The van der Waals surface area contributed by atoms with E-state index in [1.165, 1.54) is 0 Å². The van der Waals surface area contributed by atoms with Gasteiger partial charge in [0.05, 0.1) is 6.42 Å². The normalized spacial score (nSPS) is 21.3. The van der Waals surface area contributed by atoms with Gasteiger partial charge in [-0.2, -0.15) is 0 Å². The summed E-state index contributed by atoms with van der Waals surface area (Å²) in [6.07, 6.45) is 2.77. The molecule has 19 heavy (non-hydrogen) atoms. The zero-order valence-electron chi connectivity index (χ0n) is 12.1. The molecule has 110 valence electrons. The first kappa shape index (κ1) is 15.8. The Morgan fingerprint density at radius 1 is 1.42 bits per heavy atom. The fraction of sp³-hybridized carbons (Fsp3) is 0.846. The molecule has 2 amide bonds. The van der Waals surface area contributed by atoms with Gasteiger partial charge in [0.25, 0.3) is 0 Å². The zero-order valence-corrected chi connectivity index (χ0v) is 12.1. The van der Waals surface area contributed by atoms with Crippen molar-refractivity contribution in [2.24, 2.45) is 0 Å². The Morgan fingerprint density at radius 3 is 2.68 bits per heavy atom. The van der Waals surface area contributed by atoms with Gasteiger partial charge in [0.2, 0.25) is 0 Å².